The average molecular weight is 175 g/mol. The molecule has 0 aliphatic rings. The first kappa shape index (κ1) is 9.85. The van der Waals surface area contributed by atoms with Crippen LogP contribution in [0, 0.1) is 0 Å². The van der Waals surface area contributed by atoms with Crippen LogP contribution in [0.15, 0.2) is 24.3 Å². The smallest absolute Gasteiger partial charge is 0.0340 e. The fourth-order valence-electron chi connectivity index (χ4n) is 1.41. The lowest BCUT2D eigenvalue weighted by Gasteiger charge is -2.06. The Kier molecular flexibility index (Phi) is 3.56. The van der Waals surface area contributed by atoms with Gasteiger partial charge in [0, 0.05) is 12.7 Å². The van der Waals surface area contributed by atoms with Crippen LogP contribution in [0.2, 0.25) is 0 Å². The van der Waals surface area contributed by atoms with Gasteiger partial charge in [0.2, 0.25) is 0 Å². The Hall–Kier alpha value is -1.24. The number of aryl methyl sites for hydroxylation is 1. The lowest BCUT2D eigenvalue weighted by atomic mass is 10.0. The number of hydrogen-bond acceptors (Lipinski definition) is 1. The molecular weight excluding hydrogens is 158 g/mol. The van der Waals surface area contributed by atoms with E-state index in [-0.39, 0.29) is 0 Å². The van der Waals surface area contributed by atoms with Crippen molar-refractivity contribution in [3.05, 3.63) is 35.4 Å². The van der Waals surface area contributed by atoms with Crippen molar-refractivity contribution in [3.63, 3.8) is 0 Å². The van der Waals surface area contributed by atoms with Gasteiger partial charge in [0.25, 0.3) is 0 Å². The Bertz CT molecular complexity index is 300. The quantitative estimate of drug-likeness (QED) is 0.743. The molecule has 0 radical (unpaired) electrons. The second-order valence-electron chi connectivity index (χ2n) is 3.02. The minimum atomic E-state index is 1.08. The molecule has 0 saturated heterocycles. The van der Waals surface area contributed by atoms with E-state index in [9.17, 15) is 0 Å². The third-order valence-electron chi connectivity index (χ3n) is 2.16. The first-order chi connectivity index (χ1) is 6.31. The zero-order valence-corrected chi connectivity index (χ0v) is 8.59. The molecule has 1 rings (SSSR count). The van der Waals surface area contributed by atoms with Gasteiger partial charge >= 0.3 is 0 Å². The minimum absolute atomic E-state index is 1.08. The first-order valence-corrected chi connectivity index (χ1v) is 4.75. The summed E-state index contributed by atoms with van der Waals surface area (Å²) in [6, 6.07) is 6.47. The van der Waals surface area contributed by atoms with Gasteiger partial charge in [-0.2, -0.15) is 0 Å². The highest BCUT2D eigenvalue weighted by molar-refractivity contribution is 5.59. The van der Waals surface area contributed by atoms with Gasteiger partial charge in [-0.3, -0.25) is 0 Å². The molecule has 1 N–H and O–H groups in total. The van der Waals surface area contributed by atoms with E-state index in [1.165, 1.54) is 16.8 Å². The molecule has 0 saturated carbocycles. The van der Waals surface area contributed by atoms with Crippen LogP contribution in [0.3, 0.4) is 0 Å². The topological polar surface area (TPSA) is 12.0 Å². The molecule has 1 heteroatoms. The standard InChI is InChI=1S/C12H17N/c1-4-6-11-7-8-12(13-3)9-10(11)5-2/h4,6-9,13H,5H2,1-3H3/b6-4-. The van der Waals surface area contributed by atoms with Crippen LogP contribution in [0.5, 0.6) is 0 Å². The summed E-state index contributed by atoms with van der Waals surface area (Å²) >= 11 is 0. The summed E-state index contributed by atoms with van der Waals surface area (Å²) in [6.07, 6.45) is 5.31. The van der Waals surface area contributed by atoms with Gasteiger partial charge in [-0.05, 0) is 36.6 Å². The van der Waals surface area contributed by atoms with Crippen molar-refractivity contribution in [1.29, 1.82) is 0 Å². The molecule has 0 heterocycles. The van der Waals surface area contributed by atoms with Crippen LogP contribution in [-0.4, -0.2) is 7.05 Å². The predicted octanol–water partition coefficient (Wildman–Crippen LogP) is 3.32. The van der Waals surface area contributed by atoms with Crippen LogP contribution >= 0.6 is 0 Å². The average Bonchev–Trinajstić information content (AvgIpc) is 2.19. The van der Waals surface area contributed by atoms with E-state index < -0.39 is 0 Å². The molecule has 0 aliphatic carbocycles. The molecule has 0 fully saturated rings. The molecular formula is C12H17N. The van der Waals surface area contributed by atoms with Crippen molar-refractivity contribution in [2.75, 3.05) is 12.4 Å². The number of allylic oxidation sites excluding steroid dienone is 1. The number of nitrogens with one attached hydrogen (secondary N) is 1. The summed E-state index contributed by atoms with van der Waals surface area (Å²) in [5, 5.41) is 3.15. The number of benzene rings is 1. The van der Waals surface area contributed by atoms with E-state index in [1.54, 1.807) is 0 Å². The fourth-order valence-corrected chi connectivity index (χ4v) is 1.41. The maximum absolute atomic E-state index is 3.15. The van der Waals surface area contributed by atoms with Crippen molar-refractivity contribution >= 4 is 11.8 Å². The van der Waals surface area contributed by atoms with Gasteiger partial charge in [-0.25, -0.2) is 0 Å². The Morgan fingerprint density at radius 3 is 2.69 bits per heavy atom. The third-order valence-corrected chi connectivity index (χ3v) is 2.16. The van der Waals surface area contributed by atoms with Crippen LogP contribution in [-0.2, 0) is 6.42 Å². The Labute approximate surface area is 80.5 Å². The summed E-state index contributed by atoms with van der Waals surface area (Å²) in [4.78, 5) is 0. The molecule has 0 amide bonds. The van der Waals surface area contributed by atoms with Crippen LogP contribution in [0.4, 0.5) is 5.69 Å². The molecule has 0 unspecified atom stereocenters. The van der Waals surface area contributed by atoms with Crippen LogP contribution in [0.25, 0.3) is 6.08 Å². The second-order valence-corrected chi connectivity index (χ2v) is 3.02. The number of anilines is 1. The molecule has 13 heavy (non-hydrogen) atoms. The summed E-state index contributed by atoms with van der Waals surface area (Å²) in [6.45, 7) is 4.23. The van der Waals surface area contributed by atoms with E-state index in [4.69, 9.17) is 0 Å². The fraction of sp³-hybridized carbons (Fsp3) is 0.333. The SMILES string of the molecule is C/C=C\c1ccc(NC)cc1CC. The van der Waals surface area contributed by atoms with Crippen LogP contribution in [0.1, 0.15) is 25.0 Å². The van der Waals surface area contributed by atoms with Crippen molar-refractivity contribution in [3.8, 4) is 0 Å². The zero-order valence-electron chi connectivity index (χ0n) is 8.59. The van der Waals surface area contributed by atoms with E-state index in [0.717, 1.165) is 6.42 Å². The minimum Gasteiger partial charge on any atom is -0.388 e. The summed E-state index contributed by atoms with van der Waals surface area (Å²) < 4.78 is 0. The Morgan fingerprint density at radius 1 is 1.38 bits per heavy atom. The van der Waals surface area contributed by atoms with E-state index >= 15 is 0 Å². The maximum Gasteiger partial charge on any atom is 0.0340 e. The normalized spacial score (nSPS) is 10.7. The van der Waals surface area contributed by atoms with Crippen molar-refractivity contribution in [1.82, 2.24) is 0 Å². The van der Waals surface area contributed by atoms with Crippen molar-refractivity contribution in [2.24, 2.45) is 0 Å². The van der Waals surface area contributed by atoms with E-state index in [0.29, 0.717) is 0 Å². The van der Waals surface area contributed by atoms with Gasteiger partial charge in [0.1, 0.15) is 0 Å². The number of rotatable bonds is 3. The monoisotopic (exact) mass is 175 g/mol. The lowest BCUT2D eigenvalue weighted by molar-refractivity contribution is 1.13. The zero-order chi connectivity index (χ0) is 9.68. The highest BCUT2D eigenvalue weighted by Crippen LogP contribution is 2.17. The molecule has 0 bridgehead atoms. The van der Waals surface area contributed by atoms with E-state index in [2.05, 4.69) is 42.6 Å². The van der Waals surface area contributed by atoms with E-state index in [1.807, 2.05) is 14.0 Å². The lowest BCUT2D eigenvalue weighted by Crippen LogP contribution is -1.92. The van der Waals surface area contributed by atoms with Gasteiger partial charge in [0.15, 0.2) is 0 Å². The molecule has 0 aromatic heterocycles. The molecule has 1 nitrogen and oxygen atoms in total. The largest absolute Gasteiger partial charge is 0.388 e. The second kappa shape index (κ2) is 4.70. The molecule has 0 atom stereocenters. The highest BCUT2D eigenvalue weighted by Gasteiger charge is 1.97. The molecule has 70 valence electrons. The van der Waals surface area contributed by atoms with Gasteiger partial charge in [-0.1, -0.05) is 25.1 Å². The summed E-state index contributed by atoms with van der Waals surface area (Å²) in [7, 11) is 1.95. The van der Waals surface area contributed by atoms with Gasteiger partial charge < -0.3 is 5.32 Å². The molecule has 0 spiro atoms. The van der Waals surface area contributed by atoms with Crippen LogP contribution < -0.4 is 5.32 Å². The van der Waals surface area contributed by atoms with Gasteiger partial charge in [-0.15, -0.1) is 0 Å². The molecule has 0 aliphatic heterocycles. The van der Waals surface area contributed by atoms with Crippen molar-refractivity contribution in [2.45, 2.75) is 20.3 Å². The third kappa shape index (κ3) is 2.35. The molecule has 1 aromatic rings. The highest BCUT2D eigenvalue weighted by atomic mass is 14.8. The summed E-state index contributed by atoms with van der Waals surface area (Å²) in [5.41, 5.74) is 3.90. The molecule has 1 aromatic carbocycles. The Morgan fingerprint density at radius 2 is 2.15 bits per heavy atom. The predicted molar refractivity (Wildman–Crippen MR) is 60.1 cm³/mol. The first-order valence-electron chi connectivity index (χ1n) is 4.75. The Balaban J connectivity index is 3.07. The number of hydrogen-bond donors (Lipinski definition) is 1. The maximum atomic E-state index is 3.15. The van der Waals surface area contributed by atoms with Crippen molar-refractivity contribution < 1.29 is 0 Å². The summed E-state index contributed by atoms with van der Waals surface area (Å²) in [5.74, 6) is 0. The van der Waals surface area contributed by atoms with Gasteiger partial charge in [0.05, 0.1) is 0 Å².